The number of thiophene rings is 1. The zero-order valence-corrected chi connectivity index (χ0v) is 13.3. The number of methoxy groups -OCH3 is 1. The molecule has 1 atom stereocenters. The lowest BCUT2D eigenvalue weighted by molar-refractivity contribution is 0.0698. The van der Waals surface area contributed by atoms with Gasteiger partial charge in [-0.05, 0) is 23.6 Å². The molecule has 0 radical (unpaired) electrons. The first-order valence-corrected chi connectivity index (χ1v) is 8.62. The number of urea groups is 1. The number of carboxylic acids is 1. The number of hydrogen-bond acceptors (Lipinski definition) is 5. The monoisotopic (exact) mass is 330 g/mol. The quantitative estimate of drug-likeness (QED) is 0.837. The maximum Gasteiger partial charge on any atom is 0.338 e. The number of nitrogens with zero attached hydrogens (tertiary/aromatic N) is 1. The van der Waals surface area contributed by atoms with Gasteiger partial charge in [0.15, 0.2) is 0 Å². The van der Waals surface area contributed by atoms with Crippen LogP contribution in [0.2, 0.25) is 0 Å². The fraction of sp³-hybridized carbons (Fsp3) is 0.538. The molecule has 2 rings (SSSR count). The molecular formula is C13H18N2O4S2. The number of thioether (sulfide) groups is 1. The fourth-order valence-corrected chi connectivity index (χ4v) is 4.14. The molecule has 1 aromatic rings. The third-order valence-corrected chi connectivity index (χ3v) is 5.23. The van der Waals surface area contributed by atoms with Crippen molar-refractivity contribution in [3.8, 4) is 0 Å². The second-order valence-corrected chi connectivity index (χ2v) is 6.67. The number of ether oxygens (including phenoxy) is 1. The van der Waals surface area contributed by atoms with Crippen molar-refractivity contribution >= 4 is 40.1 Å². The van der Waals surface area contributed by atoms with Gasteiger partial charge in [-0.15, -0.1) is 11.3 Å². The highest BCUT2D eigenvalue weighted by molar-refractivity contribution is 7.99. The molecule has 1 aromatic heterocycles. The summed E-state index contributed by atoms with van der Waals surface area (Å²) in [5, 5.41) is 13.8. The summed E-state index contributed by atoms with van der Waals surface area (Å²) in [4.78, 5) is 25.3. The van der Waals surface area contributed by atoms with Crippen LogP contribution >= 0.6 is 23.1 Å². The number of amides is 2. The first kappa shape index (κ1) is 16.1. The Morgan fingerprint density at radius 3 is 3.00 bits per heavy atom. The molecule has 2 N–H and O–H groups in total. The summed E-state index contributed by atoms with van der Waals surface area (Å²) in [5.41, 5.74) is 0.126. The normalized spacial score (nSPS) is 17.7. The number of carbonyl (C=O) groups is 2. The summed E-state index contributed by atoms with van der Waals surface area (Å²) in [6, 6.07) is 1.41. The Morgan fingerprint density at radius 2 is 2.38 bits per heavy atom. The summed E-state index contributed by atoms with van der Waals surface area (Å²) < 4.78 is 5.06. The van der Waals surface area contributed by atoms with Gasteiger partial charge >= 0.3 is 12.0 Å². The topological polar surface area (TPSA) is 78.9 Å². The van der Waals surface area contributed by atoms with E-state index >= 15 is 0 Å². The average Bonchev–Trinajstić information content (AvgIpc) is 3.10. The van der Waals surface area contributed by atoms with Crippen LogP contribution in [0.1, 0.15) is 16.8 Å². The van der Waals surface area contributed by atoms with Gasteiger partial charge in [-0.1, -0.05) is 0 Å². The molecule has 0 saturated carbocycles. The van der Waals surface area contributed by atoms with Crippen molar-refractivity contribution in [1.29, 1.82) is 0 Å². The summed E-state index contributed by atoms with van der Waals surface area (Å²) in [7, 11) is 1.60. The predicted molar refractivity (Wildman–Crippen MR) is 84.6 cm³/mol. The maximum atomic E-state index is 12.4. The van der Waals surface area contributed by atoms with Crippen LogP contribution < -0.4 is 5.32 Å². The molecule has 0 aromatic carbocycles. The van der Waals surface area contributed by atoms with Crippen LogP contribution in [0.3, 0.4) is 0 Å². The first-order valence-electron chi connectivity index (χ1n) is 6.58. The Kier molecular flexibility index (Phi) is 5.89. The van der Waals surface area contributed by atoms with E-state index in [0.29, 0.717) is 18.2 Å². The number of rotatable bonds is 6. The minimum atomic E-state index is -1.04. The van der Waals surface area contributed by atoms with Crippen LogP contribution in [-0.4, -0.2) is 59.8 Å². The van der Waals surface area contributed by atoms with Gasteiger partial charge in [-0.3, -0.25) is 5.32 Å². The summed E-state index contributed by atoms with van der Waals surface area (Å²) >= 11 is 3.04. The van der Waals surface area contributed by atoms with E-state index in [1.54, 1.807) is 17.4 Å². The largest absolute Gasteiger partial charge is 0.478 e. The van der Waals surface area contributed by atoms with Gasteiger partial charge in [-0.25, -0.2) is 9.59 Å². The number of carbonyl (C=O) groups excluding carboxylic acids is 1. The molecule has 8 heteroatoms. The number of carboxylic acid groups (broad SMARTS) is 1. The van der Waals surface area contributed by atoms with Crippen LogP contribution in [0.4, 0.5) is 9.80 Å². The number of aromatic carboxylic acids is 1. The Labute approximate surface area is 131 Å². The Bertz CT molecular complexity index is 500. The summed E-state index contributed by atoms with van der Waals surface area (Å²) in [6.07, 6.45) is 0.956. The molecule has 0 spiro atoms. The molecule has 6 nitrogen and oxygen atoms in total. The van der Waals surface area contributed by atoms with E-state index in [-0.39, 0.29) is 17.6 Å². The van der Waals surface area contributed by atoms with Crippen molar-refractivity contribution in [1.82, 2.24) is 4.90 Å². The highest BCUT2D eigenvalue weighted by Crippen LogP contribution is 2.26. The number of anilines is 1. The third-order valence-electron chi connectivity index (χ3n) is 3.26. The molecule has 1 aliphatic rings. The smallest absolute Gasteiger partial charge is 0.338 e. The second-order valence-electron chi connectivity index (χ2n) is 4.60. The lowest BCUT2D eigenvalue weighted by Gasteiger charge is -2.28. The predicted octanol–water partition coefficient (Wildman–Crippen LogP) is 2.43. The number of nitrogens with one attached hydrogen (secondary N) is 1. The van der Waals surface area contributed by atoms with Crippen molar-refractivity contribution < 1.29 is 19.4 Å². The Hall–Kier alpha value is -1.25. The van der Waals surface area contributed by atoms with Gasteiger partial charge in [0, 0.05) is 25.4 Å². The highest BCUT2D eigenvalue weighted by Gasteiger charge is 2.27. The molecule has 21 heavy (non-hydrogen) atoms. The van der Waals surface area contributed by atoms with E-state index in [0.717, 1.165) is 17.9 Å². The molecule has 1 saturated heterocycles. The zero-order valence-electron chi connectivity index (χ0n) is 11.7. The van der Waals surface area contributed by atoms with Gasteiger partial charge in [0.25, 0.3) is 0 Å². The van der Waals surface area contributed by atoms with E-state index in [2.05, 4.69) is 5.32 Å². The molecule has 1 unspecified atom stereocenters. The summed E-state index contributed by atoms with van der Waals surface area (Å²) in [5.74, 6) is 0.917. The van der Waals surface area contributed by atoms with Gasteiger partial charge in [-0.2, -0.15) is 11.8 Å². The van der Waals surface area contributed by atoms with Crippen molar-refractivity contribution in [3.05, 3.63) is 17.0 Å². The van der Waals surface area contributed by atoms with Crippen LogP contribution in [0.5, 0.6) is 0 Å². The minimum absolute atomic E-state index is 0.126. The molecule has 2 amide bonds. The molecule has 1 aliphatic heterocycles. The average molecular weight is 330 g/mol. The fourth-order valence-electron chi connectivity index (χ4n) is 2.15. The zero-order chi connectivity index (χ0) is 15.2. The van der Waals surface area contributed by atoms with Crippen molar-refractivity contribution in [2.24, 2.45) is 0 Å². The van der Waals surface area contributed by atoms with Crippen LogP contribution in [-0.2, 0) is 4.74 Å². The van der Waals surface area contributed by atoms with Gasteiger partial charge in [0.1, 0.15) is 5.00 Å². The Morgan fingerprint density at radius 1 is 1.57 bits per heavy atom. The SMILES string of the molecule is COCCN(C(=O)Nc1sccc1C(=O)O)C1CCSC1. The van der Waals surface area contributed by atoms with Crippen molar-refractivity contribution in [2.45, 2.75) is 12.5 Å². The molecule has 1 fully saturated rings. The molecule has 0 aliphatic carbocycles. The van der Waals surface area contributed by atoms with E-state index in [4.69, 9.17) is 9.84 Å². The minimum Gasteiger partial charge on any atom is -0.478 e. The van der Waals surface area contributed by atoms with E-state index in [1.807, 2.05) is 11.8 Å². The van der Waals surface area contributed by atoms with E-state index in [1.165, 1.54) is 17.4 Å². The molecule has 116 valence electrons. The van der Waals surface area contributed by atoms with Crippen LogP contribution in [0.25, 0.3) is 0 Å². The molecular weight excluding hydrogens is 312 g/mol. The lowest BCUT2D eigenvalue weighted by atomic mass is 10.2. The van der Waals surface area contributed by atoms with Crippen LogP contribution in [0.15, 0.2) is 11.4 Å². The summed E-state index contributed by atoms with van der Waals surface area (Å²) in [6.45, 7) is 0.964. The van der Waals surface area contributed by atoms with E-state index < -0.39 is 5.97 Å². The second kappa shape index (κ2) is 7.67. The standard InChI is InChI=1S/C13H18N2O4S2/c1-19-5-4-15(9-2-6-20-8-9)13(18)14-11-10(12(16)17)3-7-21-11/h3,7,9H,2,4-6,8H2,1H3,(H,14,18)(H,16,17). The molecule has 0 bridgehead atoms. The number of hydrogen-bond donors (Lipinski definition) is 2. The van der Waals surface area contributed by atoms with Crippen LogP contribution in [0, 0.1) is 0 Å². The van der Waals surface area contributed by atoms with Gasteiger partial charge in [0.2, 0.25) is 0 Å². The maximum absolute atomic E-state index is 12.4. The van der Waals surface area contributed by atoms with Gasteiger partial charge in [0.05, 0.1) is 12.2 Å². The van der Waals surface area contributed by atoms with Gasteiger partial charge < -0.3 is 14.7 Å². The third kappa shape index (κ3) is 4.12. The van der Waals surface area contributed by atoms with E-state index in [9.17, 15) is 9.59 Å². The lowest BCUT2D eigenvalue weighted by Crippen LogP contribution is -2.44. The van der Waals surface area contributed by atoms with Crippen molar-refractivity contribution in [2.75, 3.05) is 37.1 Å². The highest BCUT2D eigenvalue weighted by atomic mass is 32.2. The first-order chi connectivity index (χ1) is 10.1. The molecule has 2 heterocycles. The Balaban J connectivity index is 2.06. The van der Waals surface area contributed by atoms with Crippen molar-refractivity contribution in [3.63, 3.8) is 0 Å².